The van der Waals surface area contributed by atoms with Crippen molar-refractivity contribution in [3.8, 4) is 0 Å². The maximum absolute atomic E-state index is 12.9. The van der Waals surface area contributed by atoms with Gasteiger partial charge in [-0.1, -0.05) is 31.5 Å². The number of rotatable bonds is 4. The van der Waals surface area contributed by atoms with Gasteiger partial charge in [-0.05, 0) is 51.2 Å². The van der Waals surface area contributed by atoms with Crippen molar-refractivity contribution >= 4 is 10.0 Å². The predicted molar refractivity (Wildman–Crippen MR) is 82.1 cm³/mol. The van der Waals surface area contributed by atoms with Crippen molar-refractivity contribution < 1.29 is 8.42 Å². The van der Waals surface area contributed by atoms with Gasteiger partial charge < -0.3 is 0 Å². The third-order valence-corrected chi connectivity index (χ3v) is 6.13. The summed E-state index contributed by atoms with van der Waals surface area (Å²) in [7, 11) is -3.37. The van der Waals surface area contributed by atoms with Crippen LogP contribution >= 0.6 is 0 Å². The quantitative estimate of drug-likeness (QED) is 0.851. The van der Waals surface area contributed by atoms with Gasteiger partial charge in [0.1, 0.15) is 0 Å². The highest BCUT2D eigenvalue weighted by molar-refractivity contribution is 7.89. The molecule has 0 bridgehead atoms. The second-order valence-corrected chi connectivity index (χ2v) is 8.20. The van der Waals surface area contributed by atoms with Gasteiger partial charge in [0.25, 0.3) is 0 Å². The minimum Gasteiger partial charge on any atom is -0.207 e. The fraction of sp³-hybridized carbons (Fsp3) is 0.625. The lowest BCUT2D eigenvalue weighted by molar-refractivity contribution is 0.299. The zero-order valence-corrected chi connectivity index (χ0v) is 13.7. The van der Waals surface area contributed by atoms with Crippen molar-refractivity contribution in [1.29, 1.82) is 0 Å². The number of benzene rings is 1. The number of sulfonamides is 1. The van der Waals surface area contributed by atoms with Crippen molar-refractivity contribution in [3.05, 3.63) is 29.8 Å². The van der Waals surface area contributed by atoms with E-state index in [1.807, 2.05) is 26.0 Å². The van der Waals surface area contributed by atoms with Gasteiger partial charge in [0.05, 0.1) is 4.90 Å². The van der Waals surface area contributed by atoms with Crippen LogP contribution in [0.15, 0.2) is 29.2 Å². The Labute approximate surface area is 123 Å². The largest absolute Gasteiger partial charge is 0.243 e. The summed E-state index contributed by atoms with van der Waals surface area (Å²) < 4.78 is 27.5. The molecule has 0 radical (unpaired) electrons. The predicted octanol–water partition coefficient (Wildman–Crippen LogP) is 3.58. The van der Waals surface area contributed by atoms with Crippen molar-refractivity contribution in [2.24, 2.45) is 5.92 Å². The van der Waals surface area contributed by atoms with E-state index in [1.54, 1.807) is 16.4 Å². The first kappa shape index (κ1) is 15.5. The molecule has 0 amide bonds. The summed E-state index contributed by atoms with van der Waals surface area (Å²) >= 11 is 0. The highest BCUT2D eigenvalue weighted by Gasteiger charge is 2.39. The lowest BCUT2D eigenvalue weighted by Gasteiger charge is -2.28. The van der Waals surface area contributed by atoms with Crippen LogP contribution in [0, 0.1) is 12.8 Å². The molecule has 3 nitrogen and oxygen atoms in total. The van der Waals surface area contributed by atoms with Crippen LogP contribution < -0.4 is 0 Å². The lowest BCUT2D eigenvalue weighted by atomic mass is 10.0. The Kier molecular flexibility index (Phi) is 4.55. The number of hydrogen-bond donors (Lipinski definition) is 0. The normalized spacial score (nSPS) is 24.4. The molecule has 0 aromatic heterocycles. The number of aryl methyl sites for hydroxylation is 1. The third kappa shape index (κ3) is 3.07. The monoisotopic (exact) mass is 295 g/mol. The topological polar surface area (TPSA) is 37.4 Å². The van der Waals surface area contributed by atoms with Crippen molar-refractivity contribution in [2.75, 3.05) is 0 Å². The lowest BCUT2D eigenvalue weighted by Crippen LogP contribution is -2.40. The molecule has 1 fully saturated rings. The number of nitrogens with zero attached hydrogens (tertiary/aromatic N) is 1. The van der Waals surface area contributed by atoms with Crippen molar-refractivity contribution in [2.45, 2.75) is 63.9 Å². The summed E-state index contributed by atoms with van der Waals surface area (Å²) in [5.41, 5.74) is 1.08. The average Bonchev–Trinajstić information content (AvgIpc) is 2.70. The van der Waals surface area contributed by atoms with E-state index in [1.165, 1.54) is 0 Å². The van der Waals surface area contributed by atoms with Crippen molar-refractivity contribution in [3.63, 3.8) is 0 Å². The van der Waals surface area contributed by atoms with E-state index in [9.17, 15) is 8.42 Å². The molecule has 0 N–H and O–H groups in total. The fourth-order valence-corrected chi connectivity index (χ4v) is 4.97. The molecule has 4 heteroatoms. The summed E-state index contributed by atoms with van der Waals surface area (Å²) in [6.45, 7) is 8.29. The molecule has 0 saturated carbocycles. The molecular weight excluding hydrogens is 270 g/mol. The Morgan fingerprint density at radius 2 is 1.80 bits per heavy atom. The maximum atomic E-state index is 12.9. The van der Waals surface area contributed by atoms with Gasteiger partial charge in [0.15, 0.2) is 0 Å². The van der Waals surface area contributed by atoms with E-state index in [0.29, 0.717) is 10.8 Å². The smallest absolute Gasteiger partial charge is 0.207 e. The van der Waals surface area contributed by atoms with Gasteiger partial charge >= 0.3 is 0 Å². The van der Waals surface area contributed by atoms with Gasteiger partial charge in [-0.2, -0.15) is 4.31 Å². The Bertz CT molecular complexity index is 548. The molecule has 1 saturated heterocycles. The Hall–Kier alpha value is -0.870. The maximum Gasteiger partial charge on any atom is 0.243 e. The van der Waals surface area contributed by atoms with Crippen LogP contribution in [-0.2, 0) is 10.0 Å². The van der Waals surface area contributed by atoms with E-state index >= 15 is 0 Å². The van der Waals surface area contributed by atoms with Gasteiger partial charge in [-0.15, -0.1) is 0 Å². The minimum atomic E-state index is -3.37. The van der Waals surface area contributed by atoms with Gasteiger partial charge in [-0.25, -0.2) is 8.42 Å². The van der Waals surface area contributed by atoms with Gasteiger partial charge in [0, 0.05) is 12.1 Å². The van der Waals surface area contributed by atoms with Crippen molar-refractivity contribution in [1.82, 2.24) is 4.31 Å². The second kappa shape index (κ2) is 5.86. The molecule has 20 heavy (non-hydrogen) atoms. The first-order chi connectivity index (χ1) is 9.32. The Balaban J connectivity index is 2.33. The molecule has 2 atom stereocenters. The molecule has 1 aromatic carbocycles. The van der Waals surface area contributed by atoms with Crippen LogP contribution in [-0.4, -0.2) is 24.8 Å². The standard InChI is InChI=1S/C16H25NO2S/c1-12(2)11-15-8-7-14(4)17(15)20(18,19)16-9-5-13(3)6-10-16/h5-6,9-10,12,14-15H,7-8,11H2,1-4H3/t14-,15-/m1/s1. The average molecular weight is 295 g/mol. The van der Waals surface area contributed by atoms with E-state index in [0.717, 1.165) is 24.8 Å². The SMILES string of the molecule is Cc1ccc(S(=O)(=O)N2[C@@H](CC(C)C)CC[C@H]2C)cc1. The van der Waals surface area contributed by atoms with Crippen LogP contribution in [0.2, 0.25) is 0 Å². The zero-order valence-electron chi connectivity index (χ0n) is 12.8. The second-order valence-electron chi connectivity index (χ2n) is 6.36. The molecule has 1 aromatic rings. The highest BCUT2D eigenvalue weighted by Crippen LogP contribution is 2.33. The van der Waals surface area contributed by atoms with E-state index in [-0.39, 0.29) is 12.1 Å². The summed E-state index contributed by atoms with van der Waals surface area (Å²) in [6.07, 6.45) is 2.88. The van der Waals surface area contributed by atoms with E-state index in [2.05, 4.69) is 13.8 Å². The van der Waals surface area contributed by atoms with Crippen LogP contribution in [0.1, 0.15) is 45.6 Å². The summed E-state index contributed by atoms with van der Waals surface area (Å²) in [6, 6.07) is 7.43. The molecule has 112 valence electrons. The summed E-state index contributed by atoms with van der Waals surface area (Å²) in [4.78, 5) is 0.422. The van der Waals surface area contributed by atoms with E-state index in [4.69, 9.17) is 0 Å². The molecule has 0 unspecified atom stereocenters. The summed E-state index contributed by atoms with van der Waals surface area (Å²) in [5.74, 6) is 0.515. The summed E-state index contributed by atoms with van der Waals surface area (Å²) in [5, 5.41) is 0. The number of hydrogen-bond acceptors (Lipinski definition) is 2. The van der Waals surface area contributed by atoms with Crippen LogP contribution in [0.3, 0.4) is 0 Å². The molecular formula is C16H25NO2S. The zero-order chi connectivity index (χ0) is 14.9. The minimum absolute atomic E-state index is 0.102. The molecule has 1 heterocycles. The molecule has 2 rings (SSSR count). The third-order valence-electron chi connectivity index (χ3n) is 4.05. The Morgan fingerprint density at radius 1 is 1.20 bits per heavy atom. The fourth-order valence-electron chi connectivity index (χ4n) is 3.08. The molecule has 1 aliphatic rings. The highest BCUT2D eigenvalue weighted by atomic mass is 32.2. The first-order valence-electron chi connectivity index (χ1n) is 7.42. The van der Waals surface area contributed by atoms with Gasteiger partial charge in [0.2, 0.25) is 10.0 Å². The van der Waals surface area contributed by atoms with Gasteiger partial charge in [-0.3, -0.25) is 0 Å². The van der Waals surface area contributed by atoms with Crippen LogP contribution in [0.4, 0.5) is 0 Å². The first-order valence-corrected chi connectivity index (χ1v) is 8.86. The van der Waals surface area contributed by atoms with Crippen LogP contribution in [0.25, 0.3) is 0 Å². The molecule has 0 spiro atoms. The van der Waals surface area contributed by atoms with Crippen LogP contribution in [0.5, 0.6) is 0 Å². The Morgan fingerprint density at radius 3 is 2.35 bits per heavy atom. The van der Waals surface area contributed by atoms with E-state index < -0.39 is 10.0 Å². The molecule has 0 aliphatic carbocycles. The molecule has 1 aliphatic heterocycles.